The summed E-state index contributed by atoms with van der Waals surface area (Å²) in [7, 11) is 0. The molecule has 0 bridgehead atoms. The number of hydrogen-bond donors (Lipinski definition) is 2. The number of nitrogens with zero attached hydrogens (tertiary/aromatic N) is 5. The van der Waals surface area contributed by atoms with E-state index in [0.29, 0.717) is 28.7 Å². The van der Waals surface area contributed by atoms with Gasteiger partial charge in [-0.05, 0) is 80.6 Å². The first kappa shape index (κ1) is 34.3. The highest BCUT2D eigenvalue weighted by molar-refractivity contribution is 7.19. The number of nitrogens with one attached hydrogen (secondary N) is 2. The third-order valence-electron chi connectivity index (χ3n) is 9.76. The van der Waals surface area contributed by atoms with Crippen molar-refractivity contribution < 1.29 is 24.0 Å². The summed E-state index contributed by atoms with van der Waals surface area (Å²) in [4.78, 5) is 69.7. The number of ketones is 1. The highest BCUT2D eigenvalue weighted by atomic mass is 35.5. The summed E-state index contributed by atoms with van der Waals surface area (Å²) in [5.74, 6) is -0.817. The molecule has 5 aromatic rings. The Bertz CT molecular complexity index is 2410. The minimum atomic E-state index is -1.02. The Hall–Kier alpha value is -5.79. The highest BCUT2D eigenvalue weighted by Crippen LogP contribution is 2.43. The van der Waals surface area contributed by atoms with Gasteiger partial charge in [0, 0.05) is 34.7 Å². The number of imide groups is 2. The number of benzene rings is 3. The van der Waals surface area contributed by atoms with E-state index in [1.54, 1.807) is 30.4 Å². The second-order valence-corrected chi connectivity index (χ2v) is 14.8. The van der Waals surface area contributed by atoms with Crippen LogP contribution in [0.15, 0.2) is 71.7 Å². The number of carbonyl (C=O) groups is 5. The first-order chi connectivity index (χ1) is 25.5. The van der Waals surface area contributed by atoms with E-state index < -0.39 is 35.7 Å². The van der Waals surface area contributed by atoms with E-state index in [0.717, 1.165) is 48.6 Å². The molecule has 3 aliphatic rings. The molecular weight excluding hydrogens is 714 g/mol. The summed E-state index contributed by atoms with van der Waals surface area (Å²) in [6.07, 6.45) is 0.734. The maximum atomic E-state index is 13.6. The molecule has 2 atom stereocenters. The van der Waals surface area contributed by atoms with Crippen LogP contribution in [0, 0.1) is 13.8 Å². The number of halogens is 1. The van der Waals surface area contributed by atoms with Crippen molar-refractivity contribution in [2.75, 3.05) is 5.32 Å². The molecule has 2 N–H and O–H groups in total. The highest BCUT2D eigenvalue weighted by Gasteiger charge is 2.45. The molecule has 2 aromatic heterocycles. The lowest BCUT2D eigenvalue weighted by Gasteiger charge is -2.27. The molecule has 1 saturated heterocycles. The Morgan fingerprint density at radius 2 is 1.72 bits per heavy atom. The largest absolute Gasteiger partial charge is 0.347 e. The predicted octanol–water partition coefficient (Wildman–Crippen LogP) is 6.21. The number of aryl methyl sites for hydroxylation is 1. The number of aliphatic imine (C=N–C) groups is 1. The number of thiophene rings is 1. The Kier molecular flexibility index (Phi) is 8.62. The van der Waals surface area contributed by atoms with E-state index in [1.165, 1.54) is 0 Å². The van der Waals surface area contributed by atoms with E-state index in [-0.39, 0.29) is 36.2 Å². The number of hydrogen-bond acceptors (Lipinski definition) is 10. The lowest BCUT2D eigenvalue weighted by atomic mass is 9.96. The first-order valence-corrected chi connectivity index (χ1v) is 18.3. The molecule has 266 valence electrons. The minimum absolute atomic E-state index is 0.000116. The normalized spacial score (nSPS) is 17.9. The number of aromatic nitrogens is 3. The first-order valence-electron chi connectivity index (χ1n) is 17.1. The van der Waals surface area contributed by atoms with Crippen molar-refractivity contribution in [3.05, 3.63) is 122 Å². The van der Waals surface area contributed by atoms with Gasteiger partial charge in [-0.15, -0.1) is 10.2 Å². The summed E-state index contributed by atoms with van der Waals surface area (Å²) in [5.41, 5.74) is 6.45. The lowest BCUT2D eigenvalue weighted by molar-refractivity contribution is -0.136. The van der Waals surface area contributed by atoms with Crippen molar-refractivity contribution in [3.8, 4) is 5.00 Å². The van der Waals surface area contributed by atoms with Crippen LogP contribution in [0.5, 0.6) is 0 Å². The second-order valence-electron chi connectivity index (χ2n) is 13.4. The van der Waals surface area contributed by atoms with Gasteiger partial charge in [-0.3, -0.25) is 43.7 Å². The van der Waals surface area contributed by atoms with Crippen LogP contribution < -0.4 is 10.6 Å². The minimum Gasteiger partial charge on any atom is -0.347 e. The third kappa shape index (κ3) is 6.05. The van der Waals surface area contributed by atoms with Crippen molar-refractivity contribution in [1.29, 1.82) is 0 Å². The maximum absolute atomic E-state index is 13.6. The Balaban J connectivity index is 1.09. The number of anilines is 2. The fourth-order valence-electron chi connectivity index (χ4n) is 7.20. The van der Waals surface area contributed by atoms with Crippen LogP contribution in [0.3, 0.4) is 0 Å². The number of amides is 4. The summed E-state index contributed by atoms with van der Waals surface area (Å²) in [6.45, 7) is 5.47. The molecule has 12 nitrogen and oxygen atoms in total. The fourth-order valence-corrected chi connectivity index (χ4v) is 8.61. The monoisotopic (exact) mass is 745 g/mol. The molecule has 53 heavy (non-hydrogen) atoms. The number of fused-ring (bicyclic) bond motifs is 4. The third-order valence-corrected chi connectivity index (χ3v) is 11.2. The lowest BCUT2D eigenvalue weighted by Crippen LogP contribution is -2.54. The van der Waals surface area contributed by atoms with Gasteiger partial charge in [-0.2, -0.15) is 0 Å². The predicted molar refractivity (Wildman–Crippen MR) is 199 cm³/mol. The van der Waals surface area contributed by atoms with Crippen molar-refractivity contribution in [1.82, 2.24) is 25.0 Å². The quantitative estimate of drug-likeness (QED) is 0.178. The molecule has 3 aromatic carbocycles. The van der Waals surface area contributed by atoms with Gasteiger partial charge in [0.15, 0.2) is 5.82 Å². The van der Waals surface area contributed by atoms with Gasteiger partial charge in [0.05, 0.1) is 21.8 Å². The molecule has 5 heterocycles. The van der Waals surface area contributed by atoms with Crippen LogP contribution in [0.25, 0.3) is 5.00 Å². The molecule has 14 heteroatoms. The van der Waals surface area contributed by atoms with Crippen LogP contribution in [-0.4, -0.2) is 60.8 Å². The Morgan fingerprint density at radius 1 is 0.962 bits per heavy atom. The molecular formula is C39H32ClN7O5S. The van der Waals surface area contributed by atoms with Gasteiger partial charge in [0.2, 0.25) is 11.8 Å². The zero-order valence-corrected chi connectivity index (χ0v) is 30.5. The van der Waals surface area contributed by atoms with E-state index in [9.17, 15) is 24.0 Å². The van der Waals surface area contributed by atoms with Gasteiger partial charge >= 0.3 is 0 Å². The zero-order valence-electron chi connectivity index (χ0n) is 28.9. The van der Waals surface area contributed by atoms with Crippen LogP contribution in [-0.2, 0) is 20.8 Å². The number of Topliss-reactive ketones (excluding diaryl/α,β-unsaturated/α-hetero) is 1. The van der Waals surface area contributed by atoms with Gasteiger partial charge in [-0.1, -0.05) is 59.3 Å². The number of piperidine rings is 1. The average molecular weight is 746 g/mol. The van der Waals surface area contributed by atoms with E-state index in [1.807, 2.05) is 73.0 Å². The average Bonchev–Trinajstić information content (AvgIpc) is 3.71. The van der Waals surface area contributed by atoms with Crippen LogP contribution in [0.4, 0.5) is 10.7 Å². The Labute approximate surface area is 312 Å². The van der Waals surface area contributed by atoms with Gasteiger partial charge in [0.25, 0.3) is 11.8 Å². The van der Waals surface area contributed by atoms with Crippen molar-refractivity contribution in [2.24, 2.45) is 4.99 Å². The van der Waals surface area contributed by atoms with Crippen molar-refractivity contribution >= 4 is 68.7 Å². The van der Waals surface area contributed by atoms with Crippen LogP contribution in [0.2, 0.25) is 5.02 Å². The summed E-state index contributed by atoms with van der Waals surface area (Å²) in [5, 5.41) is 17.0. The van der Waals surface area contributed by atoms with E-state index >= 15 is 0 Å². The molecule has 1 fully saturated rings. The smallest absolute Gasteiger partial charge is 0.262 e. The molecule has 0 radical (unpaired) electrons. The van der Waals surface area contributed by atoms with Gasteiger partial charge in [0.1, 0.15) is 28.7 Å². The molecule has 8 rings (SSSR count). The Morgan fingerprint density at radius 3 is 2.43 bits per heavy atom. The number of carbonyl (C=O) groups excluding carboxylic acids is 5. The molecule has 0 spiro atoms. The summed E-state index contributed by atoms with van der Waals surface area (Å²) >= 11 is 7.80. The molecule has 0 aliphatic carbocycles. The molecule has 1 unspecified atom stereocenters. The van der Waals surface area contributed by atoms with Gasteiger partial charge < -0.3 is 5.32 Å². The number of rotatable bonds is 8. The van der Waals surface area contributed by atoms with E-state index in [4.69, 9.17) is 16.6 Å². The maximum Gasteiger partial charge on any atom is 0.262 e. The second kappa shape index (κ2) is 13.3. The topological polar surface area (TPSA) is 156 Å². The fraction of sp³-hybridized carbons (Fsp3) is 0.231. The van der Waals surface area contributed by atoms with Gasteiger partial charge in [-0.25, -0.2) is 0 Å². The standard InChI is InChI=1S/C39H32ClN7O5S/c1-19(48)17-28-34-45-44-21(3)46(34)39-31(33(42-28)23-9-11-25(40)12-10-23)20(2)36(53-39)41-26-13-7-22(8-14-26)18-24-5-4-6-27-32(24)38(52)47(37(27)51)29-15-16-30(49)43-35(29)50/h4-14,28-29,41H,15-18H2,1-3H3,(H,43,49,50)/t28-,29?/m0/s1. The van der Waals surface area contributed by atoms with E-state index in [2.05, 4.69) is 20.8 Å². The molecule has 3 aliphatic heterocycles. The SMILES string of the molecule is CC(=O)C[C@@H]1N=C(c2ccc(Cl)cc2)c2c(sc(Nc3ccc(Cc4cccc5c4C(=O)N(C4CCC(=O)NC4=O)C5=O)cc3)c2C)-n2c(C)nnc21. The van der Waals surface area contributed by atoms with Crippen LogP contribution >= 0.6 is 22.9 Å². The van der Waals surface area contributed by atoms with Crippen molar-refractivity contribution in [2.45, 2.75) is 58.5 Å². The molecule has 0 saturated carbocycles. The molecule has 4 amide bonds. The summed E-state index contributed by atoms with van der Waals surface area (Å²) < 4.78 is 1.99. The van der Waals surface area contributed by atoms with Crippen LogP contribution in [0.1, 0.15) is 92.4 Å². The summed E-state index contributed by atoms with van der Waals surface area (Å²) in [6, 6.07) is 18.9. The van der Waals surface area contributed by atoms with Crippen molar-refractivity contribution in [3.63, 3.8) is 0 Å². The zero-order chi connectivity index (χ0) is 37.1.